The lowest BCUT2D eigenvalue weighted by Gasteiger charge is -2.18. The predicted molar refractivity (Wildman–Crippen MR) is 144 cm³/mol. The Bertz CT molecular complexity index is 1040. The van der Waals surface area contributed by atoms with Gasteiger partial charge in [0.15, 0.2) is 0 Å². The molecule has 0 spiro atoms. The maximum Gasteiger partial charge on any atom is 0.0237 e. The summed E-state index contributed by atoms with van der Waals surface area (Å²) >= 11 is 1.91. The summed E-state index contributed by atoms with van der Waals surface area (Å²) in [6.45, 7) is 11.5. The molecule has 1 aliphatic heterocycles. The minimum Gasteiger partial charge on any atom is -0.296 e. The molecule has 0 radical (unpaired) electrons. The highest BCUT2D eigenvalue weighted by molar-refractivity contribution is 8.02. The molecule has 1 heterocycles. The average Bonchev–Trinajstić information content (AvgIpc) is 3.31. The molecular weight excluding hydrogens is 406 g/mol. The van der Waals surface area contributed by atoms with Crippen LogP contribution in [0.3, 0.4) is 0 Å². The Kier molecular flexibility index (Phi) is 9.03. The Labute approximate surface area is 199 Å². The van der Waals surface area contributed by atoms with Crippen molar-refractivity contribution in [1.82, 2.24) is 4.90 Å². The summed E-state index contributed by atoms with van der Waals surface area (Å²) in [5, 5.41) is 2.30. The van der Waals surface area contributed by atoms with Crippen molar-refractivity contribution in [3.8, 4) is 11.8 Å². The maximum absolute atomic E-state index is 3.25. The van der Waals surface area contributed by atoms with Crippen LogP contribution < -0.4 is 0 Å². The third-order valence-electron chi connectivity index (χ3n) is 5.26. The van der Waals surface area contributed by atoms with E-state index < -0.39 is 0 Å². The van der Waals surface area contributed by atoms with E-state index in [2.05, 4.69) is 117 Å². The van der Waals surface area contributed by atoms with Gasteiger partial charge in [0.1, 0.15) is 0 Å². The smallest absolute Gasteiger partial charge is 0.0237 e. The molecule has 3 rings (SSSR count). The quantitative estimate of drug-likeness (QED) is 0.304. The number of rotatable bonds is 8. The Morgan fingerprint density at radius 2 is 1.78 bits per heavy atom. The summed E-state index contributed by atoms with van der Waals surface area (Å²) in [5.74, 6) is 7.62. The maximum atomic E-state index is 3.25. The minimum atomic E-state index is 0.0525. The highest BCUT2D eigenvalue weighted by atomic mass is 32.2. The molecule has 2 heteroatoms. The fourth-order valence-corrected chi connectivity index (χ4v) is 4.42. The fraction of sp³-hybridized carbons (Fsp3) is 0.333. The zero-order valence-electron chi connectivity index (χ0n) is 19.9. The van der Waals surface area contributed by atoms with Gasteiger partial charge in [-0.3, -0.25) is 4.90 Å². The van der Waals surface area contributed by atoms with Crippen LogP contribution in [-0.2, 0) is 6.54 Å². The molecule has 0 atom stereocenters. The van der Waals surface area contributed by atoms with E-state index in [9.17, 15) is 0 Å². The van der Waals surface area contributed by atoms with E-state index in [1.165, 1.54) is 40.0 Å². The van der Waals surface area contributed by atoms with Gasteiger partial charge in [-0.2, -0.15) is 0 Å². The number of hydrogen-bond acceptors (Lipinski definition) is 2. The van der Waals surface area contributed by atoms with Gasteiger partial charge in [0.05, 0.1) is 0 Å². The second-order valence-electron chi connectivity index (χ2n) is 9.22. The van der Waals surface area contributed by atoms with Crippen LogP contribution in [0, 0.1) is 17.3 Å². The van der Waals surface area contributed by atoms with E-state index in [0.717, 1.165) is 19.6 Å². The molecule has 1 aliphatic rings. The van der Waals surface area contributed by atoms with Gasteiger partial charge in [0, 0.05) is 24.3 Å². The molecule has 32 heavy (non-hydrogen) atoms. The van der Waals surface area contributed by atoms with Gasteiger partial charge in [-0.05, 0) is 79.1 Å². The Balaban J connectivity index is 1.61. The van der Waals surface area contributed by atoms with Crippen LogP contribution >= 0.6 is 11.8 Å². The molecule has 0 N–H and O–H groups in total. The van der Waals surface area contributed by atoms with Crippen LogP contribution in [0.15, 0.2) is 66.1 Å². The number of hydrogen-bond donors (Lipinski definition) is 0. The molecule has 1 nitrogen and oxygen atoms in total. The van der Waals surface area contributed by atoms with Crippen molar-refractivity contribution in [2.75, 3.05) is 18.8 Å². The van der Waals surface area contributed by atoms with E-state index in [0.29, 0.717) is 0 Å². The van der Waals surface area contributed by atoms with Crippen molar-refractivity contribution < 1.29 is 0 Å². The van der Waals surface area contributed by atoms with Crippen LogP contribution in [0.4, 0.5) is 0 Å². The summed E-state index contributed by atoms with van der Waals surface area (Å²) in [6, 6.07) is 17.7. The van der Waals surface area contributed by atoms with Crippen LogP contribution in [0.1, 0.15) is 56.4 Å². The summed E-state index contributed by atoms with van der Waals surface area (Å²) in [5.41, 5.74) is 6.70. The van der Waals surface area contributed by atoms with Gasteiger partial charge in [0.2, 0.25) is 0 Å². The second-order valence-corrected chi connectivity index (χ2v) is 10.2. The fourth-order valence-electron chi connectivity index (χ4n) is 3.51. The molecule has 0 saturated heterocycles. The Morgan fingerprint density at radius 1 is 1.03 bits per heavy atom. The molecule has 0 aliphatic carbocycles. The lowest BCUT2D eigenvalue weighted by atomic mass is 9.98. The number of thioether (sulfide) groups is 1. The van der Waals surface area contributed by atoms with Gasteiger partial charge < -0.3 is 0 Å². The standard InChI is InChI=1S/C30H35NS/c1-5-31(19-8-6-7-18-30(2,3)4)23-27-13-9-11-25(21-27)15-16-26-12-10-14-28(22-26)29-17-20-32-24-29/h6,8-16,21-22,24H,5,17,19-20,23H2,1-4H3. The summed E-state index contributed by atoms with van der Waals surface area (Å²) < 4.78 is 0. The van der Waals surface area contributed by atoms with Gasteiger partial charge in [-0.25, -0.2) is 0 Å². The molecule has 166 valence electrons. The number of allylic oxidation sites excluding steroid dienone is 2. The highest BCUT2D eigenvalue weighted by Gasteiger charge is 2.07. The molecule has 2 aromatic carbocycles. The lowest BCUT2D eigenvalue weighted by Crippen LogP contribution is -2.22. The third kappa shape index (κ3) is 8.23. The Hall–Kier alpha value is -2.47. The molecule has 2 aromatic rings. The zero-order chi connectivity index (χ0) is 22.8. The van der Waals surface area contributed by atoms with Crippen LogP contribution in [0.5, 0.6) is 0 Å². The van der Waals surface area contributed by atoms with E-state index in [1.54, 1.807) is 0 Å². The van der Waals surface area contributed by atoms with E-state index in [4.69, 9.17) is 0 Å². The molecule has 0 amide bonds. The average molecular weight is 442 g/mol. The highest BCUT2D eigenvalue weighted by Crippen LogP contribution is 2.30. The molecular formula is C30H35NS. The number of benzene rings is 2. The second kappa shape index (κ2) is 12.0. The zero-order valence-corrected chi connectivity index (χ0v) is 20.7. The lowest BCUT2D eigenvalue weighted by molar-refractivity contribution is 0.311. The monoisotopic (exact) mass is 441 g/mol. The van der Waals surface area contributed by atoms with Crippen molar-refractivity contribution >= 4 is 29.5 Å². The first kappa shape index (κ1) is 24.2. The number of nitrogens with zero attached hydrogens (tertiary/aromatic N) is 1. The van der Waals surface area contributed by atoms with Gasteiger partial charge in [0.25, 0.3) is 0 Å². The number of likely N-dealkylation sites (N-methyl/N-ethyl adjacent to an activating group) is 1. The van der Waals surface area contributed by atoms with Crippen molar-refractivity contribution in [2.24, 2.45) is 5.41 Å². The molecule has 0 unspecified atom stereocenters. The van der Waals surface area contributed by atoms with E-state index >= 15 is 0 Å². The van der Waals surface area contributed by atoms with Crippen molar-refractivity contribution in [3.63, 3.8) is 0 Å². The molecule has 0 fully saturated rings. The molecule has 0 saturated carbocycles. The summed E-state index contributed by atoms with van der Waals surface area (Å²) in [7, 11) is 0. The van der Waals surface area contributed by atoms with Crippen molar-refractivity contribution in [3.05, 3.63) is 88.3 Å². The molecule has 0 aromatic heterocycles. The first-order valence-electron chi connectivity index (χ1n) is 11.5. The van der Waals surface area contributed by atoms with Crippen LogP contribution in [-0.4, -0.2) is 23.7 Å². The van der Waals surface area contributed by atoms with Crippen LogP contribution in [0.2, 0.25) is 0 Å². The summed E-state index contributed by atoms with van der Waals surface area (Å²) in [6.07, 6.45) is 9.77. The van der Waals surface area contributed by atoms with Crippen molar-refractivity contribution in [2.45, 2.75) is 40.7 Å². The first-order chi connectivity index (χ1) is 15.4. The predicted octanol–water partition coefficient (Wildman–Crippen LogP) is 7.76. The van der Waals surface area contributed by atoms with Gasteiger partial charge in [-0.1, -0.05) is 79.5 Å². The molecule has 0 bridgehead atoms. The normalized spacial score (nSPS) is 14.2. The SMILES string of the molecule is CCN(CC=CC#CC(C)(C)C)Cc1cccc(C=Cc2cccc(C3=CSCC3)c2)c1. The minimum absolute atomic E-state index is 0.0525. The van der Waals surface area contributed by atoms with Gasteiger partial charge >= 0.3 is 0 Å². The van der Waals surface area contributed by atoms with E-state index in [-0.39, 0.29) is 5.41 Å². The Morgan fingerprint density at radius 3 is 2.47 bits per heavy atom. The van der Waals surface area contributed by atoms with E-state index in [1.807, 2.05) is 17.8 Å². The summed E-state index contributed by atoms with van der Waals surface area (Å²) in [4.78, 5) is 2.43. The topological polar surface area (TPSA) is 3.24 Å². The van der Waals surface area contributed by atoms with Crippen LogP contribution in [0.25, 0.3) is 17.7 Å². The van der Waals surface area contributed by atoms with Crippen molar-refractivity contribution in [1.29, 1.82) is 0 Å². The first-order valence-corrected chi connectivity index (χ1v) is 12.6. The largest absolute Gasteiger partial charge is 0.296 e. The van der Waals surface area contributed by atoms with Gasteiger partial charge in [-0.15, -0.1) is 11.8 Å². The third-order valence-corrected chi connectivity index (χ3v) is 6.15.